The molecule has 1 fully saturated rings. The Hall–Kier alpha value is -3.34. The highest BCUT2D eigenvalue weighted by molar-refractivity contribution is 6.03. The highest BCUT2D eigenvalue weighted by Gasteiger charge is 2.21. The van der Waals surface area contributed by atoms with Crippen LogP contribution in [0.1, 0.15) is 23.3 Å². The molecule has 2 N–H and O–H groups in total. The second-order valence-electron chi connectivity index (χ2n) is 6.22. The molecule has 1 aliphatic carbocycles. The summed E-state index contributed by atoms with van der Waals surface area (Å²) in [6.45, 7) is 0. The number of para-hydroxylation sites is 1. The molecule has 2 aromatic carbocycles. The van der Waals surface area contributed by atoms with Crippen LogP contribution in [0.3, 0.4) is 0 Å². The van der Waals surface area contributed by atoms with Crippen molar-refractivity contribution in [3.8, 4) is 11.5 Å². The van der Waals surface area contributed by atoms with Gasteiger partial charge in [0.25, 0.3) is 5.91 Å². The molecule has 4 rings (SSSR count). The number of hydrogen-bond acceptors (Lipinski definition) is 4. The van der Waals surface area contributed by atoms with Crippen LogP contribution in [-0.2, 0) is 0 Å². The number of amides is 1. The lowest BCUT2D eigenvalue weighted by Crippen LogP contribution is -2.15. The Balaban J connectivity index is 1.39. The van der Waals surface area contributed by atoms with E-state index in [1.54, 1.807) is 6.07 Å². The maximum absolute atomic E-state index is 12.4. The molecule has 130 valence electrons. The topological polar surface area (TPSA) is 63.2 Å². The molecule has 1 aliphatic rings. The van der Waals surface area contributed by atoms with E-state index in [9.17, 15) is 4.79 Å². The van der Waals surface area contributed by atoms with E-state index < -0.39 is 0 Å². The van der Waals surface area contributed by atoms with Gasteiger partial charge in [-0.15, -0.1) is 0 Å². The first-order chi connectivity index (χ1) is 12.8. The fraction of sp³-hybridized carbons (Fsp3) is 0.143. The first-order valence-corrected chi connectivity index (χ1v) is 8.64. The summed E-state index contributed by atoms with van der Waals surface area (Å²) in [5.41, 5.74) is 1.08. The molecule has 5 nitrogen and oxygen atoms in total. The number of pyridine rings is 1. The third kappa shape index (κ3) is 4.19. The van der Waals surface area contributed by atoms with E-state index in [1.807, 2.05) is 66.7 Å². The highest BCUT2D eigenvalue weighted by Crippen LogP contribution is 2.24. The van der Waals surface area contributed by atoms with Gasteiger partial charge in [0.05, 0.1) is 0 Å². The average molecular weight is 345 g/mol. The zero-order chi connectivity index (χ0) is 17.8. The lowest BCUT2D eigenvalue weighted by Gasteiger charge is -2.09. The van der Waals surface area contributed by atoms with Crippen molar-refractivity contribution in [2.24, 2.45) is 0 Å². The maximum atomic E-state index is 12.4. The number of ether oxygens (including phenoxy) is 1. The molecule has 5 heteroatoms. The summed E-state index contributed by atoms with van der Waals surface area (Å²) in [6.07, 6.45) is 2.32. The summed E-state index contributed by atoms with van der Waals surface area (Å²) >= 11 is 0. The molecule has 1 saturated carbocycles. The van der Waals surface area contributed by atoms with Gasteiger partial charge in [0.2, 0.25) is 0 Å². The van der Waals surface area contributed by atoms with Crippen LogP contribution in [0, 0.1) is 0 Å². The van der Waals surface area contributed by atoms with Gasteiger partial charge in [0, 0.05) is 11.7 Å². The van der Waals surface area contributed by atoms with E-state index in [0.29, 0.717) is 23.2 Å². The number of rotatable bonds is 6. The van der Waals surface area contributed by atoms with Crippen LogP contribution in [0.2, 0.25) is 0 Å². The van der Waals surface area contributed by atoms with Crippen molar-refractivity contribution in [1.29, 1.82) is 0 Å². The number of hydrogen-bond donors (Lipinski definition) is 2. The van der Waals surface area contributed by atoms with E-state index in [-0.39, 0.29) is 5.91 Å². The zero-order valence-corrected chi connectivity index (χ0v) is 14.2. The van der Waals surface area contributed by atoms with Gasteiger partial charge in [-0.3, -0.25) is 4.79 Å². The van der Waals surface area contributed by atoms with Gasteiger partial charge in [0.15, 0.2) is 0 Å². The van der Waals surface area contributed by atoms with Crippen LogP contribution in [0.5, 0.6) is 11.5 Å². The van der Waals surface area contributed by atoms with Crippen molar-refractivity contribution in [3.05, 3.63) is 78.5 Å². The van der Waals surface area contributed by atoms with Crippen LogP contribution in [0.15, 0.2) is 72.8 Å². The van der Waals surface area contributed by atoms with E-state index in [0.717, 1.165) is 24.4 Å². The fourth-order valence-corrected chi connectivity index (χ4v) is 2.50. The number of nitrogens with one attached hydrogen (secondary N) is 2. The minimum atomic E-state index is -0.235. The zero-order valence-electron chi connectivity index (χ0n) is 14.2. The minimum Gasteiger partial charge on any atom is -0.457 e. The summed E-state index contributed by atoms with van der Waals surface area (Å²) in [5, 5.41) is 6.16. The number of anilines is 2. The summed E-state index contributed by atoms with van der Waals surface area (Å²) in [7, 11) is 0. The van der Waals surface area contributed by atoms with E-state index >= 15 is 0 Å². The van der Waals surface area contributed by atoms with Gasteiger partial charge in [-0.25, -0.2) is 4.98 Å². The van der Waals surface area contributed by atoms with Gasteiger partial charge < -0.3 is 15.4 Å². The molecule has 1 heterocycles. The molecule has 0 bridgehead atoms. The van der Waals surface area contributed by atoms with Crippen molar-refractivity contribution in [2.75, 3.05) is 10.6 Å². The molecule has 0 atom stereocenters. The maximum Gasteiger partial charge on any atom is 0.274 e. The minimum absolute atomic E-state index is 0.235. The summed E-state index contributed by atoms with van der Waals surface area (Å²) in [6, 6.07) is 22.7. The number of nitrogens with zero attached hydrogens (tertiary/aromatic N) is 1. The Morgan fingerprint density at radius 1 is 0.885 bits per heavy atom. The predicted octanol–water partition coefficient (Wildman–Crippen LogP) is 4.70. The van der Waals surface area contributed by atoms with Crippen molar-refractivity contribution in [1.82, 2.24) is 4.98 Å². The number of carbonyl (C=O) groups is 1. The van der Waals surface area contributed by atoms with Crippen LogP contribution in [-0.4, -0.2) is 16.9 Å². The predicted molar refractivity (Wildman–Crippen MR) is 102 cm³/mol. The van der Waals surface area contributed by atoms with E-state index in [4.69, 9.17) is 4.74 Å². The molecular formula is C21H19N3O2. The van der Waals surface area contributed by atoms with Gasteiger partial charge in [-0.2, -0.15) is 0 Å². The molecular weight excluding hydrogens is 326 g/mol. The quantitative estimate of drug-likeness (QED) is 0.680. The van der Waals surface area contributed by atoms with Crippen LogP contribution >= 0.6 is 0 Å². The Bertz CT molecular complexity index is 891. The smallest absolute Gasteiger partial charge is 0.274 e. The lowest BCUT2D eigenvalue weighted by molar-refractivity contribution is 0.102. The Morgan fingerprint density at radius 3 is 2.35 bits per heavy atom. The molecule has 3 aromatic rings. The van der Waals surface area contributed by atoms with E-state index in [1.165, 1.54) is 0 Å². The van der Waals surface area contributed by atoms with Gasteiger partial charge in [-0.05, 0) is 61.4 Å². The summed E-state index contributed by atoms with van der Waals surface area (Å²) in [4.78, 5) is 16.8. The van der Waals surface area contributed by atoms with Crippen LogP contribution in [0.4, 0.5) is 11.5 Å². The van der Waals surface area contributed by atoms with E-state index in [2.05, 4.69) is 15.6 Å². The third-order valence-corrected chi connectivity index (χ3v) is 4.00. The Morgan fingerprint density at radius 2 is 1.62 bits per heavy atom. The van der Waals surface area contributed by atoms with Crippen LogP contribution < -0.4 is 15.4 Å². The number of carbonyl (C=O) groups excluding carboxylic acids is 1. The second kappa shape index (κ2) is 7.27. The van der Waals surface area contributed by atoms with Crippen molar-refractivity contribution in [2.45, 2.75) is 18.9 Å². The molecule has 0 aliphatic heterocycles. The average Bonchev–Trinajstić information content (AvgIpc) is 3.48. The second-order valence-corrected chi connectivity index (χ2v) is 6.22. The summed E-state index contributed by atoms with van der Waals surface area (Å²) in [5.74, 6) is 1.99. The lowest BCUT2D eigenvalue weighted by atomic mass is 10.2. The van der Waals surface area contributed by atoms with Gasteiger partial charge in [-0.1, -0.05) is 24.3 Å². The third-order valence-electron chi connectivity index (χ3n) is 4.00. The molecule has 1 amide bonds. The van der Waals surface area contributed by atoms with Crippen LogP contribution in [0.25, 0.3) is 0 Å². The SMILES string of the molecule is O=C(Nc1ccc(Oc2ccccc2)cc1)c1cccc(NC2CC2)n1. The molecule has 0 saturated heterocycles. The van der Waals surface area contributed by atoms with Gasteiger partial charge >= 0.3 is 0 Å². The number of benzene rings is 2. The molecule has 0 unspecified atom stereocenters. The molecule has 1 aromatic heterocycles. The first-order valence-electron chi connectivity index (χ1n) is 8.64. The first kappa shape index (κ1) is 16.1. The van der Waals surface area contributed by atoms with Crippen molar-refractivity contribution in [3.63, 3.8) is 0 Å². The van der Waals surface area contributed by atoms with Crippen molar-refractivity contribution >= 4 is 17.4 Å². The highest BCUT2D eigenvalue weighted by atomic mass is 16.5. The molecule has 0 radical (unpaired) electrons. The number of aromatic nitrogens is 1. The Labute approximate surface area is 152 Å². The summed E-state index contributed by atoms with van der Waals surface area (Å²) < 4.78 is 5.75. The fourth-order valence-electron chi connectivity index (χ4n) is 2.50. The Kier molecular flexibility index (Phi) is 4.51. The standard InChI is InChI=1S/C21H19N3O2/c25-21(19-7-4-8-20(24-19)22-15-9-10-15)23-16-11-13-18(14-12-16)26-17-5-2-1-3-6-17/h1-8,11-15H,9-10H2,(H,22,24)(H,23,25). The molecule has 26 heavy (non-hydrogen) atoms. The van der Waals surface area contributed by atoms with Gasteiger partial charge in [0.1, 0.15) is 23.0 Å². The van der Waals surface area contributed by atoms with Crippen molar-refractivity contribution < 1.29 is 9.53 Å². The monoisotopic (exact) mass is 345 g/mol. The largest absolute Gasteiger partial charge is 0.457 e. The molecule has 0 spiro atoms. The normalized spacial score (nSPS) is 13.1.